The van der Waals surface area contributed by atoms with Crippen molar-refractivity contribution in [1.82, 2.24) is 15.0 Å². The van der Waals surface area contributed by atoms with Gasteiger partial charge in [0.1, 0.15) is 16.6 Å². The third kappa shape index (κ3) is 2.93. The van der Waals surface area contributed by atoms with Crippen LogP contribution in [0.4, 0.5) is 11.6 Å². The van der Waals surface area contributed by atoms with Gasteiger partial charge in [-0.25, -0.2) is 15.8 Å². The van der Waals surface area contributed by atoms with Crippen LogP contribution in [0.15, 0.2) is 29.0 Å². The van der Waals surface area contributed by atoms with Crippen molar-refractivity contribution in [1.29, 1.82) is 0 Å². The van der Waals surface area contributed by atoms with Crippen LogP contribution in [0.3, 0.4) is 0 Å². The highest BCUT2D eigenvalue weighted by molar-refractivity contribution is 9.10. The first-order chi connectivity index (χ1) is 8.70. The van der Waals surface area contributed by atoms with Gasteiger partial charge in [0, 0.05) is 5.69 Å². The Hall–Kier alpha value is -1.73. The van der Waals surface area contributed by atoms with Crippen molar-refractivity contribution >= 4 is 27.6 Å². The van der Waals surface area contributed by atoms with Crippen LogP contribution in [0.2, 0.25) is 0 Å². The van der Waals surface area contributed by atoms with Gasteiger partial charge in [-0.15, -0.1) is 0 Å². The summed E-state index contributed by atoms with van der Waals surface area (Å²) in [5, 5.41) is 3.18. The number of aromatic nitrogens is 3. The molecule has 2 aromatic rings. The molecular weight excluding hydrogens is 296 g/mol. The van der Waals surface area contributed by atoms with E-state index in [4.69, 9.17) is 5.84 Å². The normalized spacial score (nSPS) is 10.2. The van der Waals surface area contributed by atoms with Gasteiger partial charge < -0.3 is 10.7 Å². The van der Waals surface area contributed by atoms with Gasteiger partial charge in [-0.1, -0.05) is 6.07 Å². The van der Waals surface area contributed by atoms with Gasteiger partial charge in [0.05, 0.1) is 12.2 Å². The van der Waals surface area contributed by atoms with Gasteiger partial charge >= 0.3 is 0 Å². The predicted octanol–water partition coefficient (Wildman–Crippen LogP) is 1.84. The maximum absolute atomic E-state index is 5.34. The number of aryl methyl sites for hydroxylation is 1. The van der Waals surface area contributed by atoms with E-state index in [1.54, 1.807) is 0 Å². The number of nitrogens with two attached hydrogens (primary N) is 1. The largest absolute Gasteiger partial charge is 0.363 e. The standard InChI is InChI=1S/C11H13BrN6/c1-7-3-2-4-8(17-7)5-14-10-9(12)11(18-13)16-6-15-10/h2-4,6H,5,13H2,1H3,(H2,14,15,16,18). The van der Waals surface area contributed by atoms with Crippen LogP contribution in [-0.2, 0) is 6.54 Å². The van der Waals surface area contributed by atoms with E-state index in [1.807, 2.05) is 25.1 Å². The number of anilines is 2. The number of rotatable bonds is 4. The zero-order valence-corrected chi connectivity index (χ0v) is 11.4. The molecule has 0 saturated heterocycles. The summed E-state index contributed by atoms with van der Waals surface area (Å²) in [6.07, 6.45) is 1.44. The van der Waals surface area contributed by atoms with Crippen LogP contribution in [0.25, 0.3) is 0 Å². The lowest BCUT2D eigenvalue weighted by Crippen LogP contribution is -2.11. The Labute approximate surface area is 113 Å². The Morgan fingerprint density at radius 1 is 1.28 bits per heavy atom. The first-order valence-corrected chi connectivity index (χ1v) is 6.13. The minimum Gasteiger partial charge on any atom is -0.363 e. The number of nitrogen functional groups attached to an aromatic ring is 1. The van der Waals surface area contributed by atoms with E-state index in [9.17, 15) is 0 Å². The summed E-state index contributed by atoms with van der Waals surface area (Å²) in [6.45, 7) is 2.54. The van der Waals surface area contributed by atoms with Crippen LogP contribution in [-0.4, -0.2) is 15.0 Å². The molecule has 2 heterocycles. The van der Waals surface area contributed by atoms with Crippen molar-refractivity contribution in [3.05, 3.63) is 40.4 Å². The first-order valence-electron chi connectivity index (χ1n) is 5.34. The Bertz CT molecular complexity index is 545. The van der Waals surface area contributed by atoms with E-state index in [1.165, 1.54) is 6.33 Å². The summed E-state index contributed by atoms with van der Waals surface area (Å²) >= 11 is 3.38. The molecule has 0 amide bonds. The lowest BCUT2D eigenvalue weighted by Gasteiger charge is -2.09. The van der Waals surface area contributed by atoms with Gasteiger partial charge in [0.25, 0.3) is 0 Å². The van der Waals surface area contributed by atoms with E-state index in [2.05, 4.69) is 41.6 Å². The fourth-order valence-electron chi connectivity index (χ4n) is 1.47. The van der Waals surface area contributed by atoms with Gasteiger partial charge in [-0.05, 0) is 35.0 Å². The molecule has 0 radical (unpaired) electrons. The summed E-state index contributed by atoms with van der Waals surface area (Å²) in [5.41, 5.74) is 4.42. The fourth-order valence-corrected chi connectivity index (χ4v) is 1.93. The average Bonchev–Trinajstić information content (AvgIpc) is 2.38. The molecule has 7 heteroatoms. The van der Waals surface area contributed by atoms with Gasteiger partial charge in [0.2, 0.25) is 0 Å². The van der Waals surface area contributed by atoms with Crippen molar-refractivity contribution in [3.63, 3.8) is 0 Å². The highest BCUT2D eigenvalue weighted by Crippen LogP contribution is 2.25. The Balaban J connectivity index is 2.11. The zero-order valence-electron chi connectivity index (χ0n) is 9.81. The monoisotopic (exact) mass is 308 g/mol. The number of pyridine rings is 1. The molecule has 0 saturated carbocycles. The number of nitrogens with one attached hydrogen (secondary N) is 2. The van der Waals surface area contributed by atoms with Crippen molar-refractivity contribution in [3.8, 4) is 0 Å². The average molecular weight is 309 g/mol. The summed E-state index contributed by atoms with van der Waals surface area (Å²) in [4.78, 5) is 12.5. The van der Waals surface area contributed by atoms with E-state index in [-0.39, 0.29) is 0 Å². The van der Waals surface area contributed by atoms with Crippen LogP contribution >= 0.6 is 15.9 Å². The van der Waals surface area contributed by atoms with Crippen LogP contribution in [0.5, 0.6) is 0 Å². The molecule has 6 nitrogen and oxygen atoms in total. The van der Waals surface area contributed by atoms with Crippen molar-refractivity contribution in [2.45, 2.75) is 13.5 Å². The molecule has 2 rings (SSSR count). The highest BCUT2D eigenvalue weighted by atomic mass is 79.9. The second-order valence-electron chi connectivity index (χ2n) is 3.65. The minimum absolute atomic E-state index is 0.532. The molecule has 0 spiro atoms. The SMILES string of the molecule is Cc1cccc(CNc2ncnc(NN)c2Br)n1. The molecule has 4 N–H and O–H groups in total. The van der Waals surface area contributed by atoms with Gasteiger partial charge in [-0.3, -0.25) is 4.98 Å². The second-order valence-corrected chi connectivity index (χ2v) is 4.45. The molecule has 2 aromatic heterocycles. The third-order valence-electron chi connectivity index (χ3n) is 2.31. The molecular formula is C11H13BrN6. The second kappa shape index (κ2) is 5.74. The molecule has 0 aromatic carbocycles. The maximum Gasteiger partial charge on any atom is 0.159 e. The molecule has 94 valence electrons. The Morgan fingerprint density at radius 2 is 2.06 bits per heavy atom. The number of hydrogen-bond donors (Lipinski definition) is 3. The molecule has 0 bridgehead atoms. The molecule has 18 heavy (non-hydrogen) atoms. The number of nitrogens with zero attached hydrogens (tertiary/aromatic N) is 3. The number of hydrazine groups is 1. The summed E-state index contributed by atoms with van der Waals surface area (Å²) in [7, 11) is 0. The molecule has 0 aliphatic carbocycles. The quantitative estimate of drug-likeness (QED) is 0.590. The maximum atomic E-state index is 5.34. The van der Waals surface area contributed by atoms with Crippen LogP contribution < -0.4 is 16.6 Å². The Morgan fingerprint density at radius 3 is 2.78 bits per heavy atom. The van der Waals surface area contributed by atoms with Crippen molar-refractivity contribution in [2.75, 3.05) is 10.7 Å². The van der Waals surface area contributed by atoms with Crippen molar-refractivity contribution < 1.29 is 0 Å². The molecule has 0 atom stereocenters. The number of hydrogen-bond acceptors (Lipinski definition) is 6. The summed E-state index contributed by atoms with van der Waals surface area (Å²) < 4.78 is 0.695. The minimum atomic E-state index is 0.532. The van der Waals surface area contributed by atoms with Crippen molar-refractivity contribution in [2.24, 2.45) is 5.84 Å². The lowest BCUT2D eigenvalue weighted by atomic mass is 10.3. The topological polar surface area (TPSA) is 88.8 Å². The van der Waals surface area contributed by atoms with E-state index in [0.29, 0.717) is 22.7 Å². The smallest absolute Gasteiger partial charge is 0.159 e. The Kier molecular flexibility index (Phi) is 4.06. The predicted molar refractivity (Wildman–Crippen MR) is 73.8 cm³/mol. The van der Waals surface area contributed by atoms with E-state index >= 15 is 0 Å². The highest BCUT2D eigenvalue weighted by Gasteiger charge is 2.07. The molecule has 0 unspecified atom stereocenters. The molecule has 0 aliphatic rings. The van der Waals surface area contributed by atoms with Gasteiger partial charge in [0.15, 0.2) is 5.82 Å². The zero-order chi connectivity index (χ0) is 13.0. The molecule has 0 aliphatic heterocycles. The lowest BCUT2D eigenvalue weighted by molar-refractivity contribution is 0.993. The third-order valence-corrected chi connectivity index (χ3v) is 3.06. The summed E-state index contributed by atoms with van der Waals surface area (Å²) in [5.74, 6) is 6.54. The van der Waals surface area contributed by atoms with Crippen LogP contribution in [0, 0.1) is 6.92 Å². The van der Waals surface area contributed by atoms with Gasteiger partial charge in [-0.2, -0.15) is 0 Å². The van der Waals surface area contributed by atoms with E-state index < -0.39 is 0 Å². The molecule has 0 fully saturated rings. The fraction of sp³-hybridized carbons (Fsp3) is 0.182. The van der Waals surface area contributed by atoms with Crippen LogP contribution in [0.1, 0.15) is 11.4 Å². The summed E-state index contributed by atoms with van der Waals surface area (Å²) in [6, 6.07) is 5.89. The first kappa shape index (κ1) is 12.7. The van der Waals surface area contributed by atoms with E-state index in [0.717, 1.165) is 11.4 Å². The number of halogens is 1.